The lowest BCUT2D eigenvalue weighted by atomic mass is 10.1. The van der Waals surface area contributed by atoms with Gasteiger partial charge in [-0.2, -0.15) is 0 Å². The van der Waals surface area contributed by atoms with Crippen molar-refractivity contribution >= 4 is 23.6 Å². The number of esters is 1. The van der Waals surface area contributed by atoms with Gasteiger partial charge in [-0.1, -0.05) is 18.2 Å². The quantitative estimate of drug-likeness (QED) is 0.761. The number of anilines is 1. The van der Waals surface area contributed by atoms with E-state index in [-0.39, 0.29) is 17.9 Å². The SMILES string of the molecule is CC(OC(=O)C1=Cc2ccccc2OC1)C(=O)Nc1ccc(OC(F)(F)F)cc1. The lowest BCUT2D eigenvalue weighted by Crippen LogP contribution is -2.31. The average molecular weight is 407 g/mol. The van der Waals surface area contributed by atoms with Crippen LogP contribution in [0.3, 0.4) is 0 Å². The molecule has 0 saturated heterocycles. The molecule has 1 heterocycles. The van der Waals surface area contributed by atoms with E-state index in [0.29, 0.717) is 5.75 Å². The van der Waals surface area contributed by atoms with E-state index in [1.807, 2.05) is 6.07 Å². The first-order valence-electron chi connectivity index (χ1n) is 8.51. The predicted molar refractivity (Wildman–Crippen MR) is 97.2 cm³/mol. The number of benzene rings is 2. The highest BCUT2D eigenvalue weighted by atomic mass is 19.4. The molecule has 29 heavy (non-hydrogen) atoms. The third-order valence-electron chi connectivity index (χ3n) is 3.90. The van der Waals surface area contributed by atoms with Gasteiger partial charge >= 0.3 is 12.3 Å². The zero-order valence-electron chi connectivity index (χ0n) is 15.2. The van der Waals surface area contributed by atoms with E-state index in [0.717, 1.165) is 17.7 Å². The molecule has 1 N–H and O–H groups in total. The molecule has 6 nitrogen and oxygen atoms in total. The van der Waals surface area contributed by atoms with Crippen LogP contribution in [0.15, 0.2) is 54.1 Å². The maximum atomic E-state index is 12.3. The van der Waals surface area contributed by atoms with Gasteiger partial charge in [0.05, 0.1) is 5.57 Å². The Hall–Kier alpha value is -3.49. The lowest BCUT2D eigenvalue weighted by molar-refractivity contribution is -0.274. The Morgan fingerprint density at radius 2 is 1.79 bits per heavy atom. The second-order valence-electron chi connectivity index (χ2n) is 6.11. The van der Waals surface area contributed by atoms with Crippen molar-refractivity contribution in [3.05, 3.63) is 59.7 Å². The van der Waals surface area contributed by atoms with Gasteiger partial charge in [-0.3, -0.25) is 4.79 Å². The lowest BCUT2D eigenvalue weighted by Gasteiger charge is -2.19. The van der Waals surface area contributed by atoms with Gasteiger partial charge in [-0.05, 0) is 43.3 Å². The van der Waals surface area contributed by atoms with Gasteiger partial charge in [-0.15, -0.1) is 13.2 Å². The number of para-hydroxylation sites is 1. The number of hydrogen-bond acceptors (Lipinski definition) is 5. The van der Waals surface area contributed by atoms with Crippen LogP contribution in [-0.2, 0) is 14.3 Å². The highest BCUT2D eigenvalue weighted by Gasteiger charge is 2.31. The van der Waals surface area contributed by atoms with Gasteiger partial charge in [0.25, 0.3) is 5.91 Å². The van der Waals surface area contributed by atoms with Crippen molar-refractivity contribution in [1.29, 1.82) is 0 Å². The van der Waals surface area contributed by atoms with Gasteiger partial charge in [0.1, 0.15) is 18.1 Å². The number of alkyl halides is 3. The smallest absolute Gasteiger partial charge is 0.488 e. The van der Waals surface area contributed by atoms with E-state index in [1.165, 1.54) is 19.1 Å². The minimum absolute atomic E-state index is 0.0187. The van der Waals surface area contributed by atoms with E-state index < -0.39 is 30.1 Å². The summed E-state index contributed by atoms with van der Waals surface area (Å²) in [5.41, 5.74) is 1.21. The molecular formula is C20H16F3NO5. The average Bonchev–Trinajstić information content (AvgIpc) is 2.67. The molecule has 1 aliphatic heterocycles. The topological polar surface area (TPSA) is 73.9 Å². The van der Waals surface area contributed by atoms with Gasteiger partial charge in [0.15, 0.2) is 6.10 Å². The minimum Gasteiger partial charge on any atom is -0.488 e. The molecule has 1 aliphatic rings. The van der Waals surface area contributed by atoms with E-state index in [1.54, 1.807) is 24.3 Å². The number of halogens is 3. The second-order valence-corrected chi connectivity index (χ2v) is 6.11. The summed E-state index contributed by atoms with van der Waals surface area (Å²) in [4.78, 5) is 24.5. The Morgan fingerprint density at radius 1 is 1.10 bits per heavy atom. The van der Waals surface area contributed by atoms with Crippen molar-refractivity contribution in [1.82, 2.24) is 0 Å². The molecule has 1 amide bonds. The Bertz CT molecular complexity index is 938. The molecule has 0 aromatic heterocycles. The molecular weight excluding hydrogens is 391 g/mol. The molecule has 3 rings (SSSR count). The first kappa shape index (κ1) is 20.2. The monoisotopic (exact) mass is 407 g/mol. The number of rotatable bonds is 5. The fourth-order valence-corrected chi connectivity index (χ4v) is 2.51. The standard InChI is InChI=1S/C20H16F3NO5/c1-12(18(25)24-15-6-8-16(9-7-15)29-20(21,22)23)28-19(26)14-10-13-4-2-3-5-17(13)27-11-14/h2-10,12H,11H2,1H3,(H,24,25). The van der Waals surface area contributed by atoms with Crippen molar-refractivity contribution in [3.63, 3.8) is 0 Å². The van der Waals surface area contributed by atoms with Gasteiger partial charge in [0.2, 0.25) is 0 Å². The van der Waals surface area contributed by atoms with Gasteiger partial charge < -0.3 is 19.5 Å². The summed E-state index contributed by atoms with van der Waals surface area (Å²) in [6.45, 7) is 1.40. The summed E-state index contributed by atoms with van der Waals surface area (Å²) in [6.07, 6.45) is -4.30. The molecule has 1 unspecified atom stereocenters. The molecule has 0 bridgehead atoms. The molecule has 152 valence electrons. The van der Waals surface area contributed by atoms with E-state index >= 15 is 0 Å². The summed E-state index contributed by atoms with van der Waals surface area (Å²) in [5.74, 6) is -1.11. The van der Waals surface area contributed by atoms with Crippen molar-refractivity contribution in [3.8, 4) is 11.5 Å². The summed E-state index contributed by atoms with van der Waals surface area (Å²) >= 11 is 0. The van der Waals surface area contributed by atoms with Crippen LogP contribution in [0.25, 0.3) is 6.08 Å². The van der Waals surface area contributed by atoms with Crippen LogP contribution in [0.2, 0.25) is 0 Å². The fraction of sp³-hybridized carbons (Fsp3) is 0.200. The Labute approximate surface area is 163 Å². The first-order valence-corrected chi connectivity index (χ1v) is 8.51. The van der Waals surface area contributed by atoms with Crippen LogP contribution in [0.4, 0.5) is 18.9 Å². The number of fused-ring (bicyclic) bond motifs is 1. The van der Waals surface area contributed by atoms with E-state index in [4.69, 9.17) is 9.47 Å². The third kappa shape index (κ3) is 5.50. The van der Waals surface area contributed by atoms with Crippen LogP contribution in [-0.4, -0.2) is 30.9 Å². The number of nitrogens with one attached hydrogen (secondary N) is 1. The Balaban J connectivity index is 1.57. The minimum atomic E-state index is -4.80. The molecule has 0 fully saturated rings. The van der Waals surface area contributed by atoms with Crippen LogP contribution in [0.5, 0.6) is 11.5 Å². The zero-order chi connectivity index (χ0) is 21.0. The molecule has 2 aromatic carbocycles. The number of ether oxygens (including phenoxy) is 3. The van der Waals surface area contributed by atoms with Crippen LogP contribution >= 0.6 is 0 Å². The van der Waals surface area contributed by atoms with Crippen LogP contribution in [0, 0.1) is 0 Å². The predicted octanol–water partition coefficient (Wildman–Crippen LogP) is 3.93. The summed E-state index contributed by atoms with van der Waals surface area (Å²) in [5, 5.41) is 2.45. The number of carbonyl (C=O) groups excluding carboxylic acids is 2. The normalized spacial score (nSPS) is 14.0. The fourth-order valence-electron chi connectivity index (χ4n) is 2.51. The number of hydrogen-bond donors (Lipinski definition) is 1. The molecule has 2 aromatic rings. The highest BCUT2D eigenvalue weighted by Crippen LogP contribution is 2.26. The zero-order valence-corrected chi connectivity index (χ0v) is 15.2. The molecule has 0 spiro atoms. The van der Waals surface area contributed by atoms with Crippen LogP contribution < -0.4 is 14.8 Å². The molecule has 0 aliphatic carbocycles. The molecule has 9 heteroatoms. The van der Waals surface area contributed by atoms with Crippen molar-refractivity contribution in [2.75, 3.05) is 11.9 Å². The van der Waals surface area contributed by atoms with Crippen molar-refractivity contribution in [2.45, 2.75) is 19.4 Å². The van der Waals surface area contributed by atoms with Crippen molar-refractivity contribution in [2.24, 2.45) is 0 Å². The summed E-state index contributed by atoms with van der Waals surface area (Å²) < 4.78 is 50.9. The van der Waals surface area contributed by atoms with Crippen LogP contribution in [0.1, 0.15) is 12.5 Å². The number of carbonyl (C=O) groups is 2. The van der Waals surface area contributed by atoms with Crippen molar-refractivity contribution < 1.29 is 37.0 Å². The number of amides is 1. The summed E-state index contributed by atoms with van der Waals surface area (Å²) in [7, 11) is 0. The molecule has 0 saturated carbocycles. The van der Waals surface area contributed by atoms with E-state index in [9.17, 15) is 22.8 Å². The highest BCUT2D eigenvalue weighted by molar-refractivity contribution is 5.99. The summed E-state index contributed by atoms with van der Waals surface area (Å²) in [6, 6.07) is 11.8. The first-order chi connectivity index (χ1) is 13.7. The molecule has 0 radical (unpaired) electrons. The largest absolute Gasteiger partial charge is 0.573 e. The Kier molecular flexibility index (Phi) is 5.76. The van der Waals surface area contributed by atoms with E-state index in [2.05, 4.69) is 10.1 Å². The van der Waals surface area contributed by atoms with Gasteiger partial charge in [0, 0.05) is 11.3 Å². The molecule has 1 atom stereocenters. The van der Waals surface area contributed by atoms with Gasteiger partial charge in [-0.25, -0.2) is 4.79 Å². The Morgan fingerprint density at radius 3 is 2.48 bits per heavy atom. The maximum Gasteiger partial charge on any atom is 0.573 e. The maximum absolute atomic E-state index is 12.3. The third-order valence-corrected chi connectivity index (χ3v) is 3.90. The second kappa shape index (κ2) is 8.26.